The highest BCUT2D eigenvalue weighted by molar-refractivity contribution is 5.73. The molecule has 4 nitrogen and oxygen atoms in total. The lowest BCUT2D eigenvalue weighted by Crippen LogP contribution is -3.15. The van der Waals surface area contributed by atoms with Crippen molar-refractivity contribution in [1.29, 1.82) is 0 Å². The number of hydrogen-bond donors (Lipinski definition) is 1. The first-order valence-corrected chi connectivity index (χ1v) is 9.82. The van der Waals surface area contributed by atoms with Crippen LogP contribution in [0, 0.1) is 0 Å². The van der Waals surface area contributed by atoms with Crippen LogP contribution < -0.4 is 10.0 Å². The molecule has 0 aromatic carbocycles. The lowest BCUT2D eigenvalue weighted by atomic mass is 10.1. The van der Waals surface area contributed by atoms with Gasteiger partial charge in [0.15, 0.2) is 5.84 Å². The normalized spacial score (nSPS) is 20.6. The minimum absolute atomic E-state index is 0.230. The van der Waals surface area contributed by atoms with Gasteiger partial charge in [-0.05, 0) is 32.1 Å². The van der Waals surface area contributed by atoms with Crippen molar-refractivity contribution in [3.05, 3.63) is 0 Å². The van der Waals surface area contributed by atoms with Crippen molar-refractivity contribution >= 4 is 11.8 Å². The molecule has 2 aliphatic heterocycles. The molecule has 1 N–H and O–H groups in total. The van der Waals surface area contributed by atoms with Crippen LogP contribution in [0.5, 0.6) is 0 Å². The Hall–Kier alpha value is -0.900. The molecular weight excluding hydrogens is 288 g/mol. The van der Waals surface area contributed by atoms with E-state index in [1.807, 2.05) is 0 Å². The summed E-state index contributed by atoms with van der Waals surface area (Å²) in [5.41, 5.74) is 0. The fourth-order valence-electron chi connectivity index (χ4n) is 3.32. The lowest BCUT2D eigenvalue weighted by molar-refractivity contribution is -0.809. The number of aliphatic imine (C=N–C) groups is 1. The summed E-state index contributed by atoms with van der Waals surface area (Å²) in [6.45, 7) is 5.98. The summed E-state index contributed by atoms with van der Waals surface area (Å²) < 4.78 is 0. The Bertz CT molecular complexity index is 342. The Morgan fingerprint density at radius 2 is 1.70 bits per heavy atom. The van der Waals surface area contributed by atoms with Crippen LogP contribution in [0.15, 0.2) is 4.99 Å². The predicted molar refractivity (Wildman–Crippen MR) is 93.7 cm³/mol. The molecule has 2 heterocycles. The number of unbranched alkanes of at least 4 members (excludes halogenated alkanes) is 6. The molecule has 2 aliphatic rings. The van der Waals surface area contributed by atoms with Crippen molar-refractivity contribution in [3.63, 3.8) is 0 Å². The van der Waals surface area contributed by atoms with E-state index in [9.17, 15) is 9.90 Å². The monoisotopic (exact) mass is 324 g/mol. The molecule has 0 amide bonds. The van der Waals surface area contributed by atoms with Gasteiger partial charge in [-0.1, -0.05) is 45.4 Å². The van der Waals surface area contributed by atoms with Gasteiger partial charge in [-0.2, -0.15) is 0 Å². The van der Waals surface area contributed by atoms with Crippen LogP contribution in [0.4, 0.5) is 0 Å². The van der Waals surface area contributed by atoms with E-state index in [4.69, 9.17) is 0 Å². The van der Waals surface area contributed by atoms with E-state index in [2.05, 4.69) is 11.9 Å². The molecule has 0 radical (unpaired) electrons. The smallest absolute Gasteiger partial charge is 0.196 e. The maximum Gasteiger partial charge on any atom is 0.196 e. The van der Waals surface area contributed by atoms with E-state index in [0.717, 1.165) is 19.4 Å². The van der Waals surface area contributed by atoms with Crippen LogP contribution in [0.25, 0.3) is 0 Å². The predicted octanol–water partition coefficient (Wildman–Crippen LogP) is 2.12. The van der Waals surface area contributed by atoms with Gasteiger partial charge in [0.1, 0.15) is 0 Å². The first kappa shape index (κ1) is 20.1. The van der Waals surface area contributed by atoms with E-state index >= 15 is 0 Å². The van der Waals surface area contributed by atoms with E-state index in [1.54, 1.807) is 4.90 Å². The molecule has 0 aromatic heterocycles. The molecule has 4 heteroatoms. The average molecular weight is 325 g/mol. The standard InChI is InChI=1S/C10H20O2.C9H16N2/c1-2-3-4-5-6-7-8-9-10(11)12;1-2-5-9-10-6-4-8-11(9)7-3-1/h2-9H2,1H3,(H,11,12);1-8H2. The molecule has 0 aliphatic carbocycles. The molecule has 0 bridgehead atoms. The van der Waals surface area contributed by atoms with Crippen LogP contribution in [0.1, 0.15) is 90.4 Å². The van der Waals surface area contributed by atoms with E-state index in [1.165, 1.54) is 83.1 Å². The lowest BCUT2D eigenvalue weighted by Gasteiger charge is -2.21. The Morgan fingerprint density at radius 3 is 2.43 bits per heavy atom. The molecular formula is C19H36N2O2. The van der Waals surface area contributed by atoms with Gasteiger partial charge in [-0.3, -0.25) is 4.90 Å². The van der Waals surface area contributed by atoms with E-state index < -0.39 is 5.97 Å². The largest absolute Gasteiger partial charge is 0.550 e. The third kappa shape index (κ3) is 10.5. The summed E-state index contributed by atoms with van der Waals surface area (Å²) in [5, 5.41) is 10.0. The third-order valence-electron chi connectivity index (χ3n) is 4.72. The second-order valence-electron chi connectivity index (χ2n) is 6.84. The van der Waals surface area contributed by atoms with Crippen molar-refractivity contribution < 1.29 is 14.8 Å². The zero-order valence-corrected chi connectivity index (χ0v) is 15.1. The van der Waals surface area contributed by atoms with Gasteiger partial charge in [0.05, 0.1) is 13.1 Å². The number of nitrogens with zero attached hydrogens (tertiary/aromatic N) is 1. The number of fused-ring (bicyclic) bond motifs is 1. The minimum Gasteiger partial charge on any atom is -0.550 e. The number of hydrogen-bond acceptors (Lipinski definition) is 3. The number of quaternary nitrogens is 1. The Labute approximate surface area is 142 Å². The van der Waals surface area contributed by atoms with Crippen LogP contribution >= 0.6 is 0 Å². The quantitative estimate of drug-likeness (QED) is 0.695. The number of carbonyl (C=O) groups is 1. The van der Waals surface area contributed by atoms with Gasteiger partial charge in [0.2, 0.25) is 0 Å². The Morgan fingerprint density at radius 1 is 1.00 bits per heavy atom. The second kappa shape index (κ2) is 13.5. The summed E-state index contributed by atoms with van der Waals surface area (Å²) in [4.78, 5) is 16.3. The maximum atomic E-state index is 10.0. The van der Waals surface area contributed by atoms with Crippen molar-refractivity contribution in [2.45, 2.75) is 90.4 Å². The minimum atomic E-state index is -0.913. The fourth-order valence-corrected chi connectivity index (χ4v) is 3.32. The zero-order valence-electron chi connectivity index (χ0n) is 15.1. The fraction of sp³-hybridized carbons (Fsp3) is 0.895. The summed E-state index contributed by atoms with van der Waals surface area (Å²) in [6.07, 6.45) is 15.1. The number of nitrogens with one attached hydrogen (secondary N) is 1. The highest BCUT2D eigenvalue weighted by atomic mass is 16.4. The van der Waals surface area contributed by atoms with Gasteiger partial charge in [-0.25, -0.2) is 4.99 Å². The maximum absolute atomic E-state index is 10.0. The van der Waals surface area contributed by atoms with E-state index in [-0.39, 0.29) is 6.42 Å². The van der Waals surface area contributed by atoms with Gasteiger partial charge >= 0.3 is 0 Å². The first-order chi connectivity index (χ1) is 11.2. The van der Waals surface area contributed by atoms with Crippen molar-refractivity contribution in [3.8, 4) is 0 Å². The van der Waals surface area contributed by atoms with Gasteiger partial charge in [0.25, 0.3) is 0 Å². The summed E-state index contributed by atoms with van der Waals surface area (Å²) >= 11 is 0. The molecule has 1 saturated heterocycles. The van der Waals surface area contributed by atoms with Crippen LogP contribution in [0.3, 0.4) is 0 Å². The molecule has 0 spiro atoms. The molecule has 23 heavy (non-hydrogen) atoms. The van der Waals surface area contributed by atoms with Gasteiger partial charge in [-0.15, -0.1) is 0 Å². The summed E-state index contributed by atoms with van der Waals surface area (Å²) in [6, 6.07) is 0. The Kier molecular flexibility index (Phi) is 11.9. The molecule has 134 valence electrons. The van der Waals surface area contributed by atoms with Crippen LogP contribution in [-0.4, -0.2) is 31.4 Å². The van der Waals surface area contributed by atoms with Gasteiger partial charge in [0, 0.05) is 25.4 Å². The van der Waals surface area contributed by atoms with Crippen molar-refractivity contribution in [1.82, 2.24) is 0 Å². The van der Waals surface area contributed by atoms with E-state index in [0.29, 0.717) is 0 Å². The summed E-state index contributed by atoms with van der Waals surface area (Å²) in [5.74, 6) is 0.567. The van der Waals surface area contributed by atoms with Crippen molar-refractivity contribution in [2.24, 2.45) is 4.99 Å². The number of amidine groups is 1. The summed E-state index contributed by atoms with van der Waals surface area (Å²) in [7, 11) is 0. The molecule has 1 atom stereocenters. The number of carboxylic acids is 1. The topological polar surface area (TPSA) is 56.9 Å². The number of aliphatic carboxylic acids is 1. The number of carbonyl (C=O) groups excluding carboxylic acids is 1. The molecule has 0 aromatic rings. The molecule has 0 saturated carbocycles. The van der Waals surface area contributed by atoms with Crippen LogP contribution in [-0.2, 0) is 4.79 Å². The number of rotatable bonds is 8. The highest BCUT2D eigenvalue weighted by Crippen LogP contribution is 2.07. The number of carboxylic acid groups (broad SMARTS) is 1. The SMILES string of the molecule is C1CCC2=NCCC[NH+]2CC1.CCCCCCCCCC(=O)[O-]. The molecule has 1 fully saturated rings. The Balaban J connectivity index is 0.000000230. The second-order valence-corrected chi connectivity index (χ2v) is 6.84. The zero-order chi connectivity index (χ0) is 16.8. The molecule has 2 rings (SSSR count). The third-order valence-corrected chi connectivity index (χ3v) is 4.72. The van der Waals surface area contributed by atoms with Crippen molar-refractivity contribution in [2.75, 3.05) is 19.6 Å². The van der Waals surface area contributed by atoms with Crippen LogP contribution in [0.2, 0.25) is 0 Å². The first-order valence-electron chi connectivity index (χ1n) is 9.82. The highest BCUT2D eigenvalue weighted by Gasteiger charge is 2.21. The average Bonchev–Trinajstić information content (AvgIpc) is 2.80. The van der Waals surface area contributed by atoms with Gasteiger partial charge < -0.3 is 9.90 Å². The molecule has 1 unspecified atom stereocenters.